The summed E-state index contributed by atoms with van der Waals surface area (Å²) in [7, 11) is 2.05. The largest absolute Gasteiger partial charge is 0.472 e. The molecular weight excluding hydrogens is 292 g/mol. The summed E-state index contributed by atoms with van der Waals surface area (Å²) in [5.41, 5.74) is 9.29. The van der Waals surface area contributed by atoms with Crippen molar-refractivity contribution >= 4 is 21.6 Å². The predicted octanol–water partition coefficient (Wildman–Crippen LogP) is 3.70. The van der Waals surface area contributed by atoms with Gasteiger partial charge in [0, 0.05) is 29.7 Å². The van der Waals surface area contributed by atoms with Crippen LogP contribution in [-0.2, 0) is 6.54 Å². The molecule has 0 aliphatic carbocycles. The molecule has 0 aliphatic rings. The molecule has 0 aliphatic heterocycles. The molecule has 0 spiro atoms. The lowest BCUT2D eigenvalue weighted by Gasteiger charge is -2.21. The van der Waals surface area contributed by atoms with Gasteiger partial charge >= 0.3 is 0 Å². The number of anilines is 1. The molecule has 18 heavy (non-hydrogen) atoms. The molecule has 0 amide bonds. The van der Waals surface area contributed by atoms with E-state index in [0.717, 1.165) is 27.8 Å². The first-order chi connectivity index (χ1) is 8.58. The highest BCUT2D eigenvalue weighted by molar-refractivity contribution is 9.10. The van der Waals surface area contributed by atoms with Crippen molar-refractivity contribution in [3.8, 4) is 0 Å². The maximum Gasteiger partial charge on any atom is 0.0952 e. The van der Waals surface area contributed by atoms with Crippen LogP contribution in [0.2, 0.25) is 0 Å². The second kappa shape index (κ2) is 5.59. The lowest BCUT2D eigenvalue weighted by molar-refractivity contribution is 0.563. The molecule has 1 aromatic heterocycles. The topological polar surface area (TPSA) is 42.4 Å². The van der Waals surface area contributed by atoms with Gasteiger partial charge in [-0.1, -0.05) is 6.07 Å². The van der Waals surface area contributed by atoms with Gasteiger partial charge in [-0.05, 0) is 46.6 Å². The minimum absolute atomic E-state index is 0.0505. The molecule has 0 fully saturated rings. The van der Waals surface area contributed by atoms with Crippen LogP contribution in [0.1, 0.15) is 24.1 Å². The SMILES string of the molecule is C[C@@H](N)c1ccc(N(C)Cc2ccoc2)c(Br)c1. The molecule has 0 saturated heterocycles. The quantitative estimate of drug-likeness (QED) is 0.936. The van der Waals surface area contributed by atoms with E-state index in [4.69, 9.17) is 10.2 Å². The highest BCUT2D eigenvalue weighted by Gasteiger charge is 2.09. The zero-order valence-corrected chi connectivity index (χ0v) is 12.1. The number of hydrogen-bond donors (Lipinski definition) is 1. The van der Waals surface area contributed by atoms with E-state index in [0.29, 0.717) is 0 Å². The second-order valence-electron chi connectivity index (χ2n) is 4.49. The molecule has 0 radical (unpaired) electrons. The minimum atomic E-state index is 0.0505. The second-order valence-corrected chi connectivity index (χ2v) is 5.34. The third-order valence-electron chi connectivity index (χ3n) is 2.91. The van der Waals surface area contributed by atoms with Gasteiger partial charge in [0.25, 0.3) is 0 Å². The Kier molecular flexibility index (Phi) is 4.09. The van der Waals surface area contributed by atoms with Crippen LogP contribution in [0, 0.1) is 0 Å². The van der Waals surface area contributed by atoms with E-state index < -0.39 is 0 Å². The summed E-state index contributed by atoms with van der Waals surface area (Å²) in [5, 5.41) is 0. The number of hydrogen-bond acceptors (Lipinski definition) is 3. The summed E-state index contributed by atoms with van der Waals surface area (Å²) >= 11 is 3.60. The van der Waals surface area contributed by atoms with Gasteiger partial charge in [0.2, 0.25) is 0 Å². The lowest BCUT2D eigenvalue weighted by Crippen LogP contribution is -2.16. The number of rotatable bonds is 4. The zero-order chi connectivity index (χ0) is 13.1. The zero-order valence-electron chi connectivity index (χ0n) is 10.6. The molecule has 0 bridgehead atoms. The van der Waals surface area contributed by atoms with Gasteiger partial charge in [-0.2, -0.15) is 0 Å². The predicted molar refractivity (Wildman–Crippen MR) is 77.6 cm³/mol. The fourth-order valence-electron chi connectivity index (χ4n) is 1.86. The van der Waals surface area contributed by atoms with E-state index in [9.17, 15) is 0 Å². The van der Waals surface area contributed by atoms with Crippen LogP contribution in [0.15, 0.2) is 45.7 Å². The summed E-state index contributed by atoms with van der Waals surface area (Å²) in [4.78, 5) is 2.17. The first-order valence-corrected chi connectivity index (χ1v) is 6.64. The monoisotopic (exact) mass is 308 g/mol. The van der Waals surface area contributed by atoms with E-state index in [1.165, 1.54) is 0 Å². The third-order valence-corrected chi connectivity index (χ3v) is 3.54. The lowest BCUT2D eigenvalue weighted by atomic mass is 10.1. The van der Waals surface area contributed by atoms with Crippen molar-refractivity contribution in [1.29, 1.82) is 0 Å². The van der Waals surface area contributed by atoms with E-state index >= 15 is 0 Å². The smallest absolute Gasteiger partial charge is 0.0952 e. The molecule has 0 unspecified atom stereocenters. The highest BCUT2D eigenvalue weighted by Crippen LogP contribution is 2.29. The van der Waals surface area contributed by atoms with E-state index in [1.807, 2.05) is 13.0 Å². The van der Waals surface area contributed by atoms with E-state index in [-0.39, 0.29) is 6.04 Å². The first kappa shape index (κ1) is 13.2. The first-order valence-electron chi connectivity index (χ1n) is 5.85. The van der Waals surface area contributed by atoms with Crippen LogP contribution in [0.4, 0.5) is 5.69 Å². The highest BCUT2D eigenvalue weighted by atomic mass is 79.9. The van der Waals surface area contributed by atoms with Crippen LogP contribution < -0.4 is 10.6 Å². The molecule has 0 saturated carbocycles. The Labute approximate surface area is 116 Å². The molecule has 3 nitrogen and oxygen atoms in total. The van der Waals surface area contributed by atoms with Gasteiger partial charge in [-0.25, -0.2) is 0 Å². The number of nitrogens with zero attached hydrogens (tertiary/aromatic N) is 1. The molecular formula is C14H17BrN2O. The van der Waals surface area contributed by atoms with Crippen LogP contribution in [-0.4, -0.2) is 7.05 Å². The van der Waals surface area contributed by atoms with Gasteiger partial charge in [-0.3, -0.25) is 0 Å². The van der Waals surface area contributed by atoms with Crippen LogP contribution in [0.5, 0.6) is 0 Å². The maximum absolute atomic E-state index is 5.87. The standard InChI is InChI=1S/C14H17BrN2O/c1-10(16)12-3-4-14(13(15)7-12)17(2)8-11-5-6-18-9-11/h3-7,9-10H,8,16H2,1-2H3/t10-/m1/s1. The Balaban J connectivity index is 2.17. The summed E-state index contributed by atoms with van der Waals surface area (Å²) in [6.45, 7) is 2.79. The van der Waals surface area contributed by atoms with Gasteiger partial charge < -0.3 is 15.1 Å². The number of furan rings is 1. The van der Waals surface area contributed by atoms with Crippen molar-refractivity contribution in [1.82, 2.24) is 0 Å². The number of benzene rings is 1. The normalized spacial score (nSPS) is 12.4. The van der Waals surface area contributed by atoms with Crippen molar-refractivity contribution in [2.24, 2.45) is 5.73 Å². The Morgan fingerprint density at radius 2 is 2.17 bits per heavy atom. The Hall–Kier alpha value is -1.26. The third kappa shape index (κ3) is 2.94. The molecule has 2 aromatic rings. The van der Waals surface area contributed by atoms with Crippen LogP contribution in [0.3, 0.4) is 0 Å². The van der Waals surface area contributed by atoms with Gasteiger partial charge in [0.1, 0.15) is 0 Å². The Morgan fingerprint density at radius 3 is 2.72 bits per heavy atom. The van der Waals surface area contributed by atoms with Crippen LogP contribution >= 0.6 is 15.9 Å². The number of halogens is 1. The van der Waals surface area contributed by atoms with Crippen molar-refractivity contribution in [3.05, 3.63) is 52.4 Å². The summed E-state index contributed by atoms with van der Waals surface area (Å²) in [5.74, 6) is 0. The van der Waals surface area contributed by atoms with Crippen molar-refractivity contribution in [2.45, 2.75) is 19.5 Å². The van der Waals surface area contributed by atoms with Crippen LogP contribution in [0.25, 0.3) is 0 Å². The molecule has 2 N–H and O–H groups in total. The summed E-state index contributed by atoms with van der Waals surface area (Å²) in [6.07, 6.45) is 3.46. The number of nitrogens with two attached hydrogens (primary N) is 1. The average molecular weight is 309 g/mol. The summed E-state index contributed by atoms with van der Waals surface area (Å²) < 4.78 is 6.14. The molecule has 1 heterocycles. The average Bonchev–Trinajstić information content (AvgIpc) is 2.81. The van der Waals surface area contributed by atoms with E-state index in [2.05, 4.69) is 46.1 Å². The Morgan fingerprint density at radius 1 is 1.39 bits per heavy atom. The minimum Gasteiger partial charge on any atom is -0.472 e. The van der Waals surface area contributed by atoms with Gasteiger partial charge in [0.15, 0.2) is 0 Å². The molecule has 4 heteroatoms. The van der Waals surface area contributed by atoms with Crippen molar-refractivity contribution in [2.75, 3.05) is 11.9 Å². The molecule has 2 rings (SSSR count). The maximum atomic E-state index is 5.87. The van der Waals surface area contributed by atoms with E-state index in [1.54, 1.807) is 12.5 Å². The van der Waals surface area contributed by atoms with Crippen molar-refractivity contribution < 1.29 is 4.42 Å². The molecule has 1 atom stereocenters. The van der Waals surface area contributed by atoms with Gasteiger partial charge in [-0.15, -0.1) is 0 Å². The fraction of sp³-hybridized carbons (Fsp3) is 0.286. The molecule has 1 aromatic carbocycles. The van der Waals surface area contributed by atoms with Crippen molar-refractivity contribution in [3.63, 3.8) is 0 Å². The Bertz CT molecular complexity index is 509. The van der Waals surface area contributed by atoms with Gasteiger partial charge in [0.05, 0.1) is 18.2 Å². The molecule has 96 valence electrons. The fourth-order valence-corrected chi connectivity index (χ4v) is 2.56. The summed E-state index contributed by atoms with van der Waals surface area (Å²) in [6, 6.07) is 8.25.